The van der Waals surface area contributed by atoms with Crippen molar-refractivity contribution in [1.82, 2.24) is 16.0 Å². The van der Waals surface area contributed by atoms with Crippen molar-refractivity contribution in [3.05, 3.63) is 71.8 Å². The van der Waals surface area contributed by atoms with Gasteiger partial charge < -0.3 is 16.0 Å². The van der Waals surface area contributed by atoms with Gasteiger partial charge in [0.05, 0.1) is 12.6 Å². The number of amides is 1. The fourth-order valence-electron chi connectivity index (χ4n) is 2.50. The predicted molar refractivity (Wildman–Crippen MR) is 122 cm³/mol. The number of benzene rings is 2. The topological polar surface area (TPSA) is 65.5 Å². The highest BCUT2D eigenvalue weighted by atomic mass is 127. The molecule has 0 saturated heterocycles. The number of carbonyl (C=O) groups excluding carboxylic acids is 1. The Kier molecular flexibility index (Phi) is 11.2. The molecule has 2 aromatic rings. The van der Waals surface area contributed by atoms with Crippen molar-refractivity contribution >= 4 is 35.8 Å². The molecule has 0 aliphatic heterocycles. The first-order valence-electron chi connectivity index (χ1n) is 9.09. The monoisotopic (exact) mass is 480 g/mol. The number of rotatable bonds is 8. The van der Waals surface area contributed by atoms with Crippen LogP contribution in [0.25, 0.3) is 0 Å². The Balaban J connectivity index is 0.00000364. The first-order chi connectivity index (χ1) is 12.7. The Hall–Kier alpha value is -2.09. The molecule has 0 saturated carbocycles. The van der Waals surface area contributed by atoms with E-state index in [2.05, 4.69) is 40.0 Å². The summed E-state index contributed by atoms with van der Waals surface area (Å²) in [5, 5.41) is 9.52. The smallest absolute Gasteiger partial charge is 0.222 e. The zero-order valence-electron chi connectivity index (χ0n) is 15.9. The molecular weight excluding hydrogens is 451 g/mol. The van der Waals surface area contributed by atoms with Gasteiger partial charge in [0.2, 0.25) is 5.91 Å². The maximum Gasteiger partial charge on any atom is 0.222 e. The third kappa shape index (κ3) is 8.90. The lowest BCUT2D eigenvalue weighted by atomic mass is 10.1. The average molecular weight is 480 g/mol. The summed E-state index contributed by atoms with van der Waals surface area (Å²) in [6, 6.07) is 20.2. The van der Waals surface area contributed by atoms with Crippen molar-refractivity contribution in [2.45, 2.75) is 32.9 Å². The molecule has 0 radical (unpaired) electrons. The summed E-state index contributed by atoms with van der Waals surface area (Å²) < 4.78 is 0. The highest BCUT2D eigenvalue weighted by Gasteiger charge is 2.07. The second-order valence-corrected chi connectivity index (χ2v) is 6.05. The molecule has 0 aromatic heterocycles. The second kappa shape index (κ2) is 13.1. The summed E-state index contributed by atoms with van der Waals surface area (Å²) in [5.41, 5.74) is 2.29. The van der Waals surface area contributed by atoms with Gasteiger partial charge in [0.25, 0.3) is 0 Å². The fraction of sp³-hybridized carbons (Fsp3) is 0.333. The van der Waals surface area contributed by atoms with Crippen molar-refractivity contribution in [1.29, 1.82) is 0 Å². The highest BCUT2D eigenvalue weighted by Crippen LogP contribution is 2.10. The van der Waals surface area contributed by atoms with Crippen molar-refractivity contribution in [2.75, 3.05) is 13.1 Å². The lowest BCUT2D eigenvalue weighted by Crippen LogP contribution is -2.39. The van der Waals surface area contributed by atoms with Crippen LogP contribution in [0.4, 0.5) is 0 Å². The zero-order chi connectivity index (χ0) is 18.6. The minimum absolute atomic E-state index is 0. The highest BCUT2D eigenvalue weighted by molar-refractivity contribution is 14.0. The predicted octanol–water partition coefficient (Wildman–Crippen LogP) is 3.63. The summed E-state index contributed by atoms with van der Waals surface area (Å²) in [6.45, 7) is 5.88. The van der Waals surface area contributed by atoms with Crippen molar-refractivity contribution < 1.29 is 4.79 Å². The molecule has 0 spiro atoms. The van der Waals surface area contributed by atoms with Crippen molar-refractivity contribution in [3.8, 4) is 0 Å². The third-order valence-corrected chi connectivity index (χ3v) is 3.94. The van der Waals surface area contributed by atoms with Gasteiger partial charge in [-0.15, -0.1) is 24.0 Å². The number of nitrogens with zero attached hydrogens (tertiary/aromatic N) is 1. The number of carbonyl (C=O) groups is 1. The van der Waals surface area contributed by atoms with E-state index in [4.69, 9.17) is 0 Å². The van der Waals surface area contributed by atoms with E-state index in [1.165, 1.54) is 5.56 Å². The van der Waals surface area contributed by atoms with Crippen LogP contribution in [0.2, 0.25) is 0 Å². The molecule has 0 heterocycles. The largest absolute Gasteiger partial charge is 0.357 e. The van der Waals surface area contributed by atoms with Gasteiger partial charge in [0.1, 0.15) is 0 Å². The number of nitrogens with one attached hydrogen (secondary N) is 3. The molecule has 27 heavy (non-hydrogen) atoms. The van der Waals surface area contributed by atoms with Gasteiger partial charge >= 0.3 is 0 Å². The molecule has 3 N–H and O–H groups in total. The quantitative estimate of drug-likeness (QED) is 0.307. The van der Waals surface area contributed by atoms with Crippen LogP contribution in [-0.4, -0.2) is 25.0 Å². The van der Waals surface area contributed by atoms with E-state index in [1.54, 1.807) is 0 Å². The van der Waals surface area contributed by atoms with Crippen LogP contribution in [0.15, 0.2) is 65.7 Å². The van der Waals surface area contributed by atoms with Crippen LogP contribution in [-0.2, 0) is 11.3 Å². The third-order valence-electron chi connectivity index (χ3n) is 3.94. The maximum absolute atomic E-state index is 12.0. The second-order valence-electron chi connectivity index (χ2n) is 6.05. The van der Waals surface area contributed by atoms with Gasteiger partial charge in [-0.25, -0.2) is 0 Å². The lowest BCUT2D eigenvalue weighted by Gasteiger charge is -2.18. The van der Waals surface area contributed by atoms with E-state index >= 15 is 0 Å². The van der Waals surface area contributed by atoms with E-state index in [0.29, 0.717) is 19.5 Å². The van der Waals surface area contributed by atoms with Gasteiger partial charge in [-0.1, -0.05) is 60.7 Å². The molecule has 2 rings (SSSR count). The Labute approximate surface area is 179 Å². The Bertz CT molecular complexity index is 692. The van der Waals surface area contributed by atoms with Gasteiger partial charge in [0.15, 0.2) is 5.96 Å². The molecule has 146 valence electrons. The van der Waals surface area contributed by atoms with E-state index in [9.17, 15) is 4.79 Å². The molecule has 6 heteroatoms. The summed E-state index contributed by atoms with van der Waals surface area (Å²) in [6.07, 6.45) is 0.364. The molecule has 5 nitrogen and oxygen atoms in total. The molecule has 0 aliphatic carbocycles. The van der Waals surface area contributed by atoms with Crippen molar-refractivity contribution in [2.24, 2.45) is 4.99 Å². The SMILES string of the molecule is CCNC(=NCCC(=O)NCc1ccccc1)NC(C)c1ccccc1.I. The average Bonchev–Trinajstić information content (AvgIpc) is 2.68. The first kappa shape index (κ1) is 23.0. The van der Waals surface area contributed by atoms with Crippen LogP contribution in [0.5, 0.6) is 0 Å². The summed E-state index contributed by atoms with van der Waals surface area (Å²) in [4.78, 5) is 16.5. The molecule has 1 unspecified atom stereocenters. The molecule has 1 amide bonds. The number of guanidine groups is 1. The van der Waals surface area contributed by atoms with Gasteiger partial charge in [-0.3, -0.25) is 9.79 Å². The zero-order valence-corrected chi connectivity index (χ0v) is 18.3. The molecule has 0 fully saturated rings. The summed E-state index contributed by atoms with van der Waals surface area (Å²) in [5.74, 6) is 0.726. The van der Waals surface area contributed by atoms with Crippen LogP contribution >= 0.6 is 24.0 Å². The molecule has 1 atom stereocenters. The van der Waals surface area contributed by atoms with Gasteiger partial charge in [0, 0.05) is 19.5 Å². The van der Waals surface area contributed by atoms with E-state index in [-0.39, 0.29) is 35.9 Å². The minimum Gasteiger partial charge on any atom is -0.357 e. The standard InChI is InChI=1S/C21H28N4O.HI/c1-3-22-21(25-17(2)19-12-8-5-9-13-19)23-15-14-20(26)24-16-18-10-6-4-7-11-18;/h4-13,17H,3,14-16H2,1-2H3,(H,24,26)(H2,22,23,25);1H. The van der Waals surface area contributed by atoms with Crippen LogP contribution in [0.3, 0.4) is 0 Å². The summed E-state index contributed by atoms with van der Waals surface area (Å²) in [7, 11) is 0. The maximum atomic E-state index is 12.0. The number of halogens is 1. The van der Waals surface area contributed by atoms with Gasteiger partial charge in [-0.05, 0) is 25.0 Å². The Morgan fingerprint density at radius 1 is 1.00 bits per heavy atom. The Morgan fingerprint density at radius 3 is 2.26 bits per heavy atom. The van der Waals surface area contributed by atoms with E-state index < -0.39 is 0 Å². The van der Waals surface area contributed by atoms with Gasteiger partial charge in [-0.2, -0.15) is 0 Å². The van der Waals surface area contributed by atoms with Crippen LogP contribution < -0.4 is 16.0 Å². The lowest BCUT2D eigenvalue weighted by molar-refractivity contribution is -0.121. The molecule has 0 bridgehead atoms. The number of aliphatic imine (C=N–C) groups is 1. The number of hydrogen-bond acceptors (Lipinski definition) is 2. The van der Waals surface area contributed by atoms with E-state index in [0.717, 1.165) is 18.1 Å². The molecule has 2 aromatic carbocycles. The first-order valence-corrected chi connectivity index (χ1v) is 9.09. The van der Waals surface area contributed by atoms with E-state index in [1.807, 2.05) is 55.5 Å². The molecular formula is C21H29IN4O. The minimum atomic E-state index is 0. The Morgan fingerprint density at radius 2 is 1.63 bits per heavy atom. The van der Waals surface area contributed by atoms with Crippen molar-refractivity contribution in [3.63, 3.8) is 0 Å². The molecule has 0 aliphatic rings. The number of hydrogen-bond donors (Lipinski definition) is 3. The van der Waals surface area contributed by atoms with Crippen LogP contribution in [0, 0.1) is 0 Å². The van der Waals surface area contributed by atoms with Crippen LogP contribution in [0.1, 0.15) is 37.4 Å². The summed E-state index contributed by atoms with van der Waals surface area (Å²) >= 11 is 0. The fourth-order valence-corrected chi connectivity index (χ4v) is 2.50. The normalized spacial score (nSPS) is 11.9.